The van der Waals surface area contributed by atoms with Crippen molar-refractivity contribution in [3.05, 3.63) is 12.2 Å². The zero-order chi connectivity index (χ0) is 20.4. The van der Waals surface area contributed by atoms with E-state index in [0.717, 1.165) is 0 Å². The predicted molar refractivity (Wildman–Crippen MR) is 96.5 cm³/mol. The Balaban J connectivity index is 2.04. The van der Waals surface area contributed by atoms with Gasteiger partial charge in [-0.1, -0.05) is 32.9 Å². The van der Waals surface area contributed by atoms with Gasteiger partial charge >= 0.3 is 0 Å². The molecule has 9 atom stereocenters. The van der Waals surface area contributed by atoms with Crippen molar-refractivity contribution in [1.82, 2.24) is 0 Å². The highest BCUT2D eigenvalue weighted by Crippen LogP contribution is 2.46. The van der Waals surface area contributed by atoms with E-state index in [1.54, 1.807) is 6.08 Å². The van der Waals surface area contributed by atoms with Crippen molar-refractivity contribution in [3.8, 4) is 0 Å². The van der Waals surface area contributed by atoms with Crippen LogP contribution in [0, 0.1) is 17.3 Å². The van der Waals surface area contributed by atoms with Crippen LogP contribution >= 0.6 is 0 Å². The molecule has 6 N–H and O–H groups in total. The zero-order valence-corrected chi connectivity index (χ0v) is 16.2. The zero-order valence-electron chi connectivity index (χ0n) is 16.2. The lowest BCUT2D eigenvalue weighted by molar-refractivity contribution is -0.316. The van der Waals surface area contributed by atoms with Crippen LogP contribution in [0.2, 0.25) is 0 Å². The van der Waals surface area contributed by atoms with Gasteiger partial charge in [-0.25, -0.2) is 0 Å². The summed E-state index contributed by atoms with van der Waals surface area (Å²) < 4.78 is 11.4. The Labute approximate surface area is 160 Å². The molecule has 8 nitrogen and oxygen atoms in total. The van der Waals surface area contributed by atoms with Crippen LogP contribution in [0.25, 0.3) is 0 Å². The molecule has 27 heavy (non-hydrogen) atoms. The number of allylic oxidation sites excluding steroid dienone is 1. The van der Waals surface area contributed by atoms with Crippen LogP contribution in [0.5, 0.6) is 0 Å². The minimum atomic E-state index is -1.45. The van der Waals surface area contributed by atoms with Crippen molar-refractivity contribution >= 4 is 0 Å². The molecule has 0 bridgehead atoms. The van der Waals surface area contributed by atoms with Gasteiger partial charge in [-0.05, 0) is 30.1 Å². The molecule has 1 heterocycles. The molecule has 0 aromatic heterocycles. The topological polar surface area (TPSA) is 140 Å². The average molecular weight is 390 g/mol. The standard InChI is InChI=1S/C19H34O8/c1-10-6-12(7-19(2,3)13(10)5-4-11(22)8-20)26-18-17(25)16(24)15(23)14(9-21)27-18/h4-5,10-18,20-25H,6-9H2,1-3H3/b5-4+/t10-,11-,12-,13?,14-,15-,16+,17-,18-/m1/s1. The molecule has 0 amide bonds. The number of hydrogen-bond acceptors (Lipinski definition) is 8. The highest BCUT2D eigenvalue weighted by molar-refractivity contribution is 5.04. The molecule has 2 rings (SSSR count). The van der Waals surface area contributed by atoms with Gasteiger partial charge in [0.2, 0.25) is 0 Å². The summed E-state index contributed by atoms with van der Waals surface area (Å²) >= 11 is 0. The SMILES string of the molecule is C[C@@H]1C[C@@H](O[C@@H]2O[C@H](CO)[C@@H](O)[C@H](O)[C@H]2O)CC(C)(C)C1/C=C/[C@@H](O)CO. The van der Waals surface area contributed by atoms with Crippen LogP contribution in [-0.2, 0) is 9.47 Å². The van der Waals surface area contributed by atoms with Gasteiger partial charge in [0.05, 0.1) is 25.4 Å². The molecule has 1 saturated carbocycles. The molecule has 8 heteroatoms. The molecule has 2 fully saturated rings. The van der Waals surface area contributed by atoms with Gasteiger partial charge in [-0.3, -0.25) is 0 Å². The van der Waals surface area contributed by atoms with E-state index < -0.39 is 43.4 Å². The molecule has 0 spiro atoms. The largest absolute Gasteiger partial charge is 0.394 e. The molecule has 158 valence electrons. The summed E-state index contributed by atoms with van der Waals surface area (Å²) in [6.07, 6.45) is -2.59. The normalized spacial score (nSPS) is 43.7. The molecule has 2 aliphatic rings. The summed E-state index contributed by atoms with van der Waals surface area (Å²) in [5.74, 6) is 0.388. The van der Waals surface area contributed by atoms with Crippen molar-refractivity contribution in [3.63, 3.8) is 0 Å². The Morgan fingerprint density at radius 3 is 2.37 bits per heavy atom. The molecule has 0 aromatic rings. The van der Waals surface area contributed by atoms with Gasteiger partial charge < -0.3 is 40.1 Å². The van der Waals surface area contributed by atoms with Gasteiger partial charge in [0.15, 0.2) is 6.29 Å². The maximum atomic E-state index is 10.2. The van der Waals surface area contributed by atoms with E-state index in [0.29, 0.717) is 12.8 Å². The second-order valence-electron chi connectivity index (χ2n) is 8.52. The summed E-state index contributed by atoms with van der Waals surface area (Å²) in [7, 11) is 0. The highest BCUT2D eigenvalue weighted by Gasteiger charge is 2.47. The van der Waals surface area contributed by atoms with Crippen LogP contribution < -0.4 is 0 Å². The van der Waals surface area contributed by atoms with Crippen LogP contribution in [0.1, 0.15) is 33.6 Å². The van der Waals surface area contributed by atoms with Crippen LogP contribution in [0.15, 0.2) is 12.2 Å². The van der Waals surface area contributed by atoms with Crippen LogP contribution in [0.3, 0.4) is 0 Å². The van der Waals surface area contributed by atoms with Crippen LogP contribution in [0.4, 0.5) is 0 Å². The second-order valence-corrected chi connectivity index (χ2v) is 8.52. The third-order valence-corrected chi connectivity index (χ3v) is 5.81. The number of hydrogen-bond donors (Lipinski definition) is 6. The summed E-state index contributed by atoms with van der Waals surface area (Å²) in [6.45, 7) is 5.45. The Morgan fingerprint density at radius 2 is 1.81 bits per heavy atom. The molecule has 0 radical (unpaired) electrons. The van der Waals surface area contributed by atoms with Gasteiger partial charge in [0.1, 0.15) is 24.4 Å². The lowest BCUT2D eigenvalue weighted by Gasteiger charge is -2.47. The van der Waals surface area contributed by atoms with Gasteiger partial charge in [0.25, 0.3) is 0 Å². The maximum absolute atomic E-state index is 10.2. The first-order valence-electron chi connectivity index (χ1n) is 9.54. The van der Waals surface area contributed by atoms with Crippen molar-refractivity contribution in [1.29, 1.82) is 0 Å². The highest BCUT2D eigenvalue weighted by atomic mass is 16.7. The first-order valence-corrected chi connectivity index (χ1v) is 9.54. The quantitative estimate of drug-likeness (QED) is 0.323. The molecular formula is C19H34O8. The van der Waals surface area contributed by atoms with Gasteiger partial charge in [-0.2, -0.15) is 0 Å². The number of aliphatic hydroxyl groups is 6. The summed E-state index contributed by atoms with van der Waals surface area (Å²) in [4.78, 5) is 0. The molecule has 1 unspecified atom stereocenters. The molecule has 0 aromatic carbocycles. The lowest BCUT2D eigenvalue weighted by Crippen LogP contribution is -2.60. The van der Waals surface area contributed by atoms with Gasteiger partial charge in [0, 0.05) is 0 Å². The number of ether oxygens (including phenoxy) is 2. The predicted octanol–water partition coefficient (Wildman–Crippen LogP) is -0.847. The fourth-order valence-corrected chi connectivity index (χ4v) is 4.37. The summed E-state index contributed by atoms with van der Waals surface area (Å²) in [5.41, 5.74) is -0.165. The summed E-state index contributed by atoms with van der Waals surface area (Å²) in [5, 5.41) is 57.8. The van der Waals surface area contributed by atoms with Crippen molar-refractivity contribution in [2.45, 2.75) is 76.5 Å². The Morgan fingerprint density at radius 1 is 1.15 bits per heavy atom. The minimum absolute atomic E-state index is 0.165. The van der Waals surface area contributed by atoms with E-state index >= 15 is 0 Å². The molecule has 1 saturated heterocycles. The fraction of sp³-hybridized carbons (Fsp3) is 0.895. The van der Waals surface area contributed by atoms with E-state index in [-0.39, 0.29) is 30.0 Å². The van der Waals surface area contributed by atoms with Crippen molar-refractivity contribution < 1.29 is 40.1 Å². The lowest BCUT2D eigenvalue weighted by atomic mass is 9.63. The van der Waals surface area contributed by atoms with Gasteiger partial charge in [-0.15, -0.1) is 0 Å². The third kappa shape index (κ3) is 5.27. The summed E-state index contributed by atoms with van der Waals surface area (Å²) in [6, 6.07) is 0. The first kappa shape index (κ1) is 22.7. The number of aliphatic hydroxyl groups excluding tert-OH is 6. The average Bonchev–Trinajstić information content (AvgIpc) is 2.60. The molecular weight excluding hydrogens is 356 g/mol. The van der Waals surface area contributed by atoms with E-state index in [4.69, 9.17) is 14.6 Å². The Bertz CT molecular complexity index is 494. The van der Waals surface area contributed by atoms with E-state index in [9.17, 15) is 25.5 Å². The molecule has 1 aliphatic heterocycles. The second kappa shape index (κ2) is 9.28. The number of rotatable bonds is 6. The maximum Gasteiger partial charge on any atom is 0.186 e. The van der Waals surface area contributed by atoms with E-state index in [1.165, 1.54) is 0 Å². The van der Waals surface area contributed by atoms with Crippen molar-refractivity contribution in [2.75, 3.05) is 13.2 Å². The Hall–Kier alpha value is -0.580. The minimum Gasteiger partial charge on any atom is -0.394 e. The van der Waals surface area contributed by atoms with E-state index in [2.05, 4.69) is 20.8 Å². The third-order valence-electron chi connectivity index (χ3n) is 5.81. The van der Waals surface area contributed by atoms with E-state index in [1.807, 2.05) is 6.08 Å². The monoisotopic (exact) mass is 390 g/mol. The van der Waals surface area contributed by atoms with Crippen LogP contribution in [-0.4, -0.2) is 86.8 Å². The Kier molecular flexibility index (Phi) is 7.80. The smallest absolute Gasteiger partial charge is 0.186 e. The molecule has 1 aliphatic carbocycles. The fourth-order valence-electron chi connectivity index (χ4n) is 4.37. The van der Waals surface area contributed by atoms with Crippen molar-refractivity contribution in [2.24, 2.45) is 17.3 Å². The first-order chi connectivity index (χ1) is 12.6.